The molecular weight excluding hydrogens is 464 g/mol. The molecule has 0 saturated heterocycles. The fraction of sp³-hybridized carbons (Fsp3) is 0.190. The minimum atomic E-state index is -4.68. The fourth-order valence-electron chi connectivity index (χ4n) is 3.30. The van der Waals surface area contributed by atoms with Crippen LogP contribution in [0.25, 0.3) is 0 Å². The van der Waals surface area contributed by atoms with Gasteiger partial charge in [-0.15, -0.1) is 0 Å². The summed E-state index contributed by atoms with van der Waals surface area (Å²) in [4.78, 5) is 20.1. The third-order valence-electron chi connectivity index (χ3n) is 4.96. The van der Waals surface area contributed by atoms with Gasteiger partial charge < -0.3 is 5.32 Å². The first-order valence-corrected chi connectivity index (χ1v) is 11.1. The van der Waals surface area contributed by atoms with E-state index in [1.54, 1.807) is 0 Å². The number of hydrogen-bond donors (Lipinski definition) is 1. The Morgan fingerprint density at radius 2 is 1.88 bits per heavy atom. The van der Waals surface area contributed by atoms with Gasteiger partial charge in [-0.3, -0.25) is 9.10 Å². The summed E-state index contributed by atoms with van der Waals surface area (Å²) in [6.45, 7) is -0.0667. The highest BCUT2D eigenvalue weighted by Gasteiger charge is 2.34. The predicted octanol–water partition coefficient (Wildman–Crippen LogP) is 3.36. The van der Waals surface area contributed by atoms with Gasteiger partial charge in [-0.1, -0.05) is 18.2 Å². The summed E-state index contributed by atoms with van der Waals surface area (Å²) < 4.78 is 79.4. The van der Waals surface area contributed by atoms with Crippen LogP contribution in [0.15, 0.2) is 75.2 Å². The second-order valence-electron chi connectivity index (χ2n) is 7.16. The topological polar surface area (TPSA) is 91.2 Å². The molecule has 0 aliphatic carbocycles. The molecule has 0 fully saturated rings. The van der Waals surface area contributed by atoms with E-state index in [1.807, 2.05) is 0 Å². The molecule has 7 nitrogen and oxygen atoms in total. The molecule has 0 saturated carbocycles. The first-order chi connectivity index (χ1) is 15.6. The van der Waals surface area contributed by atoms with Crippen LogP contribution < -0.4 is 5.32 Å². The molecule has 0 aromatic heterocycles. The van der Waals surface area contributed by atoms with Crippen LogP contribution >= 0.6 is 0 Å². The van der Waals surface area contributed by atoms with Crippen molar-refractivity contribution in [3.05, 3.63) is 77.2 Å². The minimum absolute atomic E-state index is 0.0667. The lowest BCUT2D eigenvalue weighted by molar-refractivity contribution is -0.137. The summed E-state index contributed by atoms with van der Waals surface area (Å²) >= 11 is 0. The first-order valence-electron chi connectivity index (χ1n) is 9.62. The van der Waals surface area contributed by atoms with E-state index in [0.717, 1.165) is 28.6 Å². The summed E-state index contributed by atoms with van der Waals surface area (Å²) in [5.41, 5.74) is -0.438. The maximum Gasteiger partial charge on any atom is 0.416 e. The number of allylic oxidation sites excluding steroid dienone is 1. The number of aliphatic imine (C=N–C) groups is 2. The number of rotatable bonds is 4. The van der Waals surface area contributed by atoms with Crippen molar-refractivity contribution >= 4 is 27.9 Å². The lowest BCUT2D eigenvalue weighted by Crippen LogP contribution is -2.39. The fourth-order valence-corrected chi connectivity index (χ4v) is 4.68. The minimum Gasteiger partial charge on any atom is -0.312 e. The van der Waals surface area contributed by atoms with Crippen molar-refractivity contribution in [2.45, 2.75) is 23.8 Å². The number of sulfonamides is 1. The van der Waals surface area contributed by atoms with Gasteiger partial charge in [0.05, 0.1) is 21.7 Å². The molecule has 4 rings (SSSR count). The zero-order valence-electron chi connectivity index (χ0n) is 16.8. The maximum absolute atomic E-state index is 13.8. The van der Waals surface area contributed by atoms with Crippen molar-refractivity contribution in [3.8, 4) is 0 Å². The van der Waals surface area contributed by atoms with Gasteiger partial charge in [0.1, 0.15) is 5.82 Å². The summed E-state index contributed by atoms with van der Waals surface area (Å²) in [6.07, 6.45) is -3.01. The third kappa shape index (κ3) is 4.65. The number of hydrogen-bond acceptors (Lipinski definition) is 5. The van der Waals surface area contributed by atoms with Gasteiger partial charge in [0, 0.05) is 31.0 Å². The number of carbonyl (C=O) groups excluding carboxylic acids is 1. The van der Waals surface area contributed by atoms with Gasteiger partial charge in [0.25, 0.3) is 15.9 Å². The Labute approximate surface area is 186 Å². The maximum atomic E-state index is 13.8. The Bertz CT molecular complexity index is 1300. The van der Waals surface area contributed by atoms with Crippen molar-refractivity contribution < 1.29 is 30.8 Å². The van der Waals surface area contributed by atoms with E-state index in [0.29, 0.717) is 17.4 Å². The number of carbonyl (C=O) groups is 1. The largest absolute Gasteiger partial charge is 0.416 e. The number of amides is 1. The van der Waals surface area contributed by atoms with Crippen LogP contribution in [-0.2, 0) is 16.2 Å². The van der Waals surface area contributed by atoms with Crippen LogP contribution in [0, 0.1) is 5.82 Å². The monoisotopic (exact) mass is 480 g/mol. The molecule has 2 aromatic carbocycles. The molecule has 2 aromatic rings. The van der Waals surface area contributed by atoms with Gasteiger partial charge in [0.15, 0.2) is 0 Å². The molecule has 172 valence electrons. The Balaban J connectivity index is 1.53. The molecule has 33 heavy (non-hydrogen) atoms. The van der Waals surface area contributed by atoms with Gasteiger partial charge in [-0.25, -0.2) is 22.8 Å². The standard InChI is InChI=1S/C21H16F4N4O3S/c22-17-7-2-1-6-16(17)19(30)28-20-26-11-13-12-29(9-8-18(13)27-20)33(31,32)15-5-3-4-14(10-15)21(23,24)25/h1-7,10-12,20H,8-9H2,(H,28,30). The Morgan fingerprint density at radius 3 is 2.61 bits per heavy atom. The molecule has 1 unspecified atom stereocenters. The van der Waals surface area contributed by atoms with E-state index in [9.17, 15) is 30.8 Å². The summed E-state index contributed by atoms with van der Waals surface area (Å²) in [5.74, 6) is -1.41. The molecule has 2 aliphatic rings. The summed E-state index contributed by atoms with van der Waals surface area (Å²) in [7, 11) is -4.24. The SMILES string of the molecule is O=C(NC1N=CC2=CN(S(=O)(=O)c3cccc(C(F)(F)F)c3)CCC2=N1)c1ccccc1F. The molecular formula is C21H16F4N4O3S. The second-order valence-corrected chi connectivity index (χ2v) is 9.05. The summed E-state index contributed by atoms with van der Waals surface area (Å²) in [5, 5.41) is 2.47. The van der Waals surface area contributed by atoms with Crippen LogP contribution in [0.4, 0.5) is 17.6 Å². The number of nitrogens with zero attached hydrogens (tertiary/aromatic N) is 3. The quantitative estimate of drug-likeness (QED) is 0.681. The molecule has 1 amide bonds. The predicted molar refractivity (Wildman–Crippen MR) is 112 cm³/mol. The average molecular weight is 480 g/mol. The lowest BCUT2D eigenvalue weighted by Gasteiger charge is -2.28. The van der Waals surface area contributed by atoms with Gasteiger partial charge >= 0.3 is 6.18 Å². The lowest BCUT2D eigenvalue weighted by atomic mass is 10.1. The molecule has 2 heterocycles. The van der Waals surface area contributed by atoms with Crippen molar-refractivity contribution in [1.82, 2.24) is 9.62 Å². The number of alkyl halides is 3. The number of fused-ring (bicyclic) bond motifs is 1. The molecule has 0 spiro atoms. The van der Waals surface area contributed by atoms with Crippen molar-refractivity contribution in [3.63, 3.8) is 0 Å². The molecule has 12 heteroatoms. The van der Waals surface area contributed by atoms with Crippen LogP contribution in [0.3, 0.4) is 0 Å². The molecule has 1 N–H and O–H groups in total. The Morgan fingerprint density at radius 1 is 1.12 bits per heavy atom. The molecule has 0 bridgehead atoms. The molecule has 0 radical (unpaired) electrons. The smallest absolute Gasteiger partial charge is 0.312 e. The highest BCUT2D eigenvalue weighted by molar-refractivity contribution is 7.89. The number of nitrogens with one attached hydrogen (secondary N) is 1. The highest BCUT2D eigenvalue weighted by Crippen LogP contribution is 2.32. The molecule has 2 aliphatic heterocycles. The molecule has 1 atom stereocenters. The zero-order valence-corrected chi connectivity index (χ0v) is 17.6. The van der Waals surface area contributed by atoms with Gasteiger partial charge in [0.2, 0.25) is 6.29 Å². The highest BCUT2D eigenvalue weighted by atomic mass is 32.2. The number of benzene rings is 2. The van der Waals surface area contributed by atoms with E-state index in [2.05, 4.69) is 15.3 Å². The third-order valence-corrected chi connectivity index (χ3v) is 6.72. The normalized spacial score (nSPS) is 18.3. The Hall–Kier alpha value is -3.54. The van der Waals surface area contributed by atoms with Crippen molar-refractivity contribution in [1.29, 1.82) is 0 Å². The second kappa shape index (κ2) is 8.43. The Kier molecular flexibility index (Phi) is 5.78. The van der Waals surface area contributed by atoms with E-state index in [-0.39, 0.29) is 18.5 Å². The first kappa shape index (κ1) is 22.6. The van der Waals surface area contributed by atoms with E-state index < -0.39 is 44.7 Å². The van der Waals surface area contributed by atoms with Crippen molar-refractivity contribution in [2.75, 3.05) is 6.54 Å². The van der Waals surface area contributed by atoms with Crippen LogP contribution in [0.5, 0.6) is 0 Å². The summed E-state index contributed by atoms with van der Waals surface area (Å²) in [6, 6.07) is 8.92. The van der Waals surface area contributed by atoms with E-state index in [4.69, 9.17) is 0 Å². The van der Waals surface area contributed by atoms with E-state index in [1.165, 1.54) is 30.6 Å². The number of halogens is 4. The van der Waals surface area contributed by atoms with Crippen molar-refractivity contribution in [2.24, 2.45) is 9.98 Å². The zero-order chi connectivity index (χ0) is 23.8. The van der Waals surface area contributed by atoms with Crippen LogP contribution in [-0.4, -0.2) is 43.4 Å². The van der Waals surface area contributed by atoms with Crippen LogP contribution in [0.2, 0.25) is 0 Å². The van der Waals surface area contributed by atoms with Gasteiger partial charge in [-0.2, -0.15) is 13.2 Å². The average Bonchev–Trinajstić information content (AvgIpc) is 2.78. The van der Waals surface area contributed by atoms with Gasteiger partial charge in [-0.05, 0) is 30.3 Å². The van der Waals surface area contributed by atoms with Crippen LogP contribution in [0.1, 0.15) is 22.3 Å². The van der Waals surface area contributed by atoms with E-state index >= 15 is 0 Å².